The molecule has 1 aliphatic heterocycles. The number of carbonyl (C=O) groups is 1. The molecule has 7 heteroatoms. The first-order chi connectivity index (χ1) is 13.6. The smallest absolute Gasteiger partial charge is 0.248 e. The van der Waals surface area contributed by atoms with E-state index >= 15 is 0 Å². The van der Waals surface area contributed by atoms with Gasteiger partial charge in [0, 0.05) is 19.2 Å². The van der Waals surface area contributed by atoms with Crippen LogP contribution in [-0.4, -0.2) is 46.4 Å². The SMILES string of the molecule is COc1cc(/C=C/C(=O)Nc2ccccc2N2CCOCC2)cc(Cl)c1OC. The molecule has 0 spiro atoms. The van der Waals surface area contributed by atoms with E-state index < -0.39 is 0 Å². The average molecular weight is 403 g/mol. The van der Waals surface area contributed by atoms with Crippen LogP contribution in [0.15, 0.2) is 42.5 Å². The highest BCUT2D eigenvalue weighted by atomic mass is 35.5. The third kappa shape index (κ3) is 4.77. The number of nitrogens with zero attached hydrogens (tertiary/aromatic N) is 1. The van der Waals surface area contributed by atoms with E-state index in [4.69, 9.17) is 25.8 Å². The molecule has 0 aromatic heterocycles. The molecular formula is C21H23ClN2O4. The Balaban J connectivity index is 1.73. The Hall–Kier alpha value is -2.70. The molecule has 0 radical (unpaired) electrons. The minimum atomic E-state index is -0.230. The Morgan fingerprint density at radius 2 is 1.93 bits per heavy atom. The average Bonchev–Trinajstić information content (AvgIpc) is 2.73. The van der Waals surface area contributed by atoms with Crippen molar-refractivity contribution in [2.75, 3.05) is 50.7 Å². The van der Waals surface area contributed by atoms with E-state index in [0.29, 0.717) is 29.7 Å². The van der Waals surface area contributed by atoms with Crippen molar-refractivity contribution in [3.8, 4) is 11.5 Å². The minimum Gasteiger partial charge on any atom is -0.493 e. The minimum absolute atomic E-state index is 0.230. The number of carbonyl (C=O) groups excluding carboxylic acids is 1. The summed E-state index contributed by atoms with van der Waals surface area (Å²) < 4.78 is 15.9. The Morgan fingerprint density at radius 1 is 1.18 bits per heavy atom. The van der Waals surface area contributed by atoms with Crippen LogP contribution in [0.5, 0.6) is 11.5 Å². The number of rotatable bonds is 6. The molecule has 1 saturated heterocycles. The number of methoxy groups -OCH3 is 2. The van der Waals surface area contributed by atoms with Crippen LogP contribution in [0.25, 0.3) is 6.08 Å². The van der Waals surface area contributed by atoms with Gasteiger partial charge in [-0.3, -0.25) is 4.79 Å². The van der Waals surface area contributed by atoms with Gasteiger partial charge in [-0.15, -0.1) is 0 Å². The number of ether oxygens (including phenoxy) is 3. The second-order valence-corrected chi connectivity index (χ2v) is 6.58. The van der Waals surface area contributed by atoms with Crippen LogP contribution in [0.4, 0.5) is 11.4 Å². The maximum atomic E-state index is 12.5. The maximum Gasteiger partial charge on any atom is 0.248 e. The molecule has 0 bridgehead atoms. The highest BCUT2D eigenvalue weighted by molar-refractivity contribution is 6.32. The van der Waals surface area contributed by atoms with Crippen LogP contribution in [0, 0.1) is 0 Å². The van der Waals surface area contributed by atoms with Gasteiger partial charge in [0.1, 0.15) is 0 Å². The molecule has 148 valence electrons. The lowest BCUT2D eigenvalue weighted by Crippen LogP contribution is -2.36. The van der Waals surface area contributed by atoms with E-state index in [1.54, 1.807) is 18.2 Å². The fourth-order valence-corrected chi connectivity index (χ4v) is 3.34. The van der Waals surface area contributed by atoms with Crippen molar-refractivity contribution in [2.24, 2.45) is 0 Å². The van der Waals surface area contributed by atoms with Crippen LogP contribution in [0.3, 0.4) is 0 Å². The largest absolute Gasteiger partial charge is 0.493 e. The molecule has 0 aliphatic carbocycles. The molecule has 6 nitrogen and oxygen atoms in total. The number of halogens is 1. The first kappa shape index (κ1) is 20.0. The number of anilines is 2. The van der Waals surface area contributed by atoms with Crippen molar-refractivity contribution in [1.82, 2.24) is 0 Å². The number of nitrogens with one attached hydrogen (secondary N) is 1. The van der Waals surface area contributed by atoms with Gasteiger partial charge in [0.2, 0.25) is 5.91 Å². The van der Waals surface area contributed by atoms with Crippen LogP contribution >= 0.6 is 11.6 Å². The second kappa shape index (κ2) is 9.48. The van der Waals surface area contributed by atoms with Crippen molar-refractivity contribution < 1.29 is 19.0 Å². The zero-order valence-electron chi connectivity index (χ0n) is 15.9. The van der Waals surface area contributed by atoms with Crippen LogP contribution < -0.4 is 19.7 Å². The predicted molar refractivity (Wildman–Crippen MR) is 112 cm³/mol. The van der Waals surface area contributed by atoms with Crippen LogP contribution in [0.1, 0.15) is 5.56 Å². The molecule has 0 atom stereocenters. The number of hydrogen-bond donors (Lipinski definition) is 1. The van der Waals surface area contributed by atoms with E-state index in [9.17, 15) is 4.79 Å². The third-order valence-electron chi connectivity index (χ3n) is 4.40. The number of para-hydroxylation sites is 2. The molecule has 0 saturated carbocycles. The lowest BCUT2D eigenvalue weighted by atomic mass is 10.1. The molecule has 1 aliphatic rings. The summed E-state index contributed by atoms with van der Waals surface area (Å²) in [5.41, 5.74) is 2.49. The van der Waals surface area contributed by atoms with Gasteiger partial charge in [-0.25, -0.2) is 0 Å². The van der Waals surface area contributed by atoms with Gasteiger partial charge >= 0.3 is 0 Å². The molecule has 0 unspecified atom stereocenters. The predicted octanol–water partition coefficient (Wildman–Crippen LogP) is 3.85. The first-order valence-electron chi connectivity index (χ1n) is 8.94. The highest BCUT2D eigenvalue weighted by Crippen LogP contribution is 2.36. The maximum absolute atomic E-state index is 12.5. The van der Waals surface area contributed by atoms with E-state index in [2.05, 4.69) is 10.2 Å². The summed E-state index contributed by atoms with van der Waals surface area (Å²) in [4.78, 5) is 14.7. The number of hydrogen-bond acceptors (Lipinski definition) is 5. The topological polar surface area (TPSA) is 60.0 Å². The third-order valence-corrected chi connectivity index (χ3v) is 4.68. The Bertz CT molecular complexity index is 863. The Morgan fingerprint density at radius 3 is 2.64 bits per heavy atom. The van der Waals surface area contributed by atoms with Gasteiger partial charge in [0.05, 0.1) is 43.8 Å². The van der Waals surface area contributed by atoms with E-state index in [1.807, 2.05) is 24.3 Å². The summed E-state index contributed by atoms with van der Waals surface area (Å²) in [7, 11) is 3.07. The van der Waals surface area contributed by atoms with Crippen LogP contribution in [-0.2, 0) is 9.53 Å². The normalized spacial score (nSPS) is 14.2. The summed E-state index contributed by atoms with van der Waals surface area (Å²) >= 11 is 6.21. The molecule has 2 aromatic rings. The first-order valence-corrected chi connectivity index (χ1v) is 9.32. The molecular weight excluding hydrogens is 380 g/mol. The lowest BCUT2D eigenvalue weighted by molar-refractivity contribution is -0.111. The monoisotopic (exact) mass is 402 g/mol. The van der Waals surface area contributed by atoms with Crippen LogP contribution in [0.2, 0.25) is 5.02 Å². The number of benzene rings is 2. The number of amides is 1. The molecule has 1 amide bonds. The molecule has 1 N–H and O–H groups in total. The standard InChI is InChI=1S/C21H23ClN2O4/c1-26-19-14-15(13-16(22)21(19)27-2)7-8-20(25)23-17-5-3-4-6-18(17)24-9-11-28-12-10-24/h3-8,13-14H,9-12H2,1-2H3,(H,23,25)/b8-7+. The van der Waals surface area contributed by atoms with E-state index in [-0.39, 0.29) is 5.91 Å². The van der Waals surface area contributed by atoms with Gasteiger partial charge in [0.15, 0.2) is 11.5 Å². The van der Waals surface area contributed by atoms with Crippen molar-refractivity contribution in [1.29, 1.82) is 0 Å². The molecule has 3 rings (SSSR count). The molecule has 1 heterocycles. The fraction of sp³-hybridized carbons (Fsp3) is 0.286. The zero-order chi connectivity index (χ0) is 19.9. The fourth-order valence-electron chi connectivity index (χ4n) is 3.04. The van der Waals surface area contributed by atoms with E-state index in [0.717, 1.165) is 30.0 Å². The van der Waals surface area contributed by atoms with Crippen molar-refractivity contribution in [2.45, 2.75) is 0 Å². The molecule has 2 aromatic carbocycles. The summed E-state index contributed by atoms with van der Waals surface area (Å²) in [5, 5.41) is 3.36. The summed E-state index contributed by atoms with van der Waals surface area (Å²) in [5.74, 6) is 0.740. The lowest BCUT2D eigenvalue weighted by Gasteiger charge is -2.30. The summed E-state index contributed by atoms with van der Waals surface area (Å²) in [6, 6.07) is 11.2. The Kier molecular flexibility index (Phi) is 6.79. The van der Waals surface area contributed by atoms with Crippen molar-refractivity contribution in [3.05, 3.63) is 53.1 Å². The number of morpholine rings is 1. The second-order valence-electron chi connectivity index (χ2n) is 6.18. The van der Waals surface area contributed by atoms with Gasteiger partial charge in [0.25, 0.3) is 0 Å². The zero-order valence-corrected chi connectivity index (χ0v) is 16.7. The Labute approximate surface area is 169 Å². The molecule has 1 fully saturated rings. The summed E-state index contributed by atoms with van der Waals surface area (Å²) in [6.07, 6.45) is 3.15. The van der Waals surface area contributed by atoms with Gasteiger partial charge in [-0.2, -0.15) is 0 Å². The van der Waals surface area contributed by atoms with Crippen molar-refractivity contribution in [3.63, 3.8) is 0 Å². The van der Waals surface area contributed by atoms with Gasteiger partial charge in [-0.1, -0.05) is 23.7 Å². The van der Waals surface area contributed by atoms with Gasteiger partial charge in [-0.05, 0) is 35.9 Å². The molecule has 28 heavy (non-hydrogen) atoms. The van der Waals surface area contributed by atoms with Gasteiger partial charge < -0.3 is 24.4 Å². The summed E-state index contributed by atoms with van der Waals surface area (Å²) in [6.45, 7) is 2.96. The van der Waals surface area contributed by atoms with E-state index in [1.165, 1.54) is 20.3 Å². The quantitative estimate of drug-likeness (QED) is 0.744. The highest BCUT2D eigenvalue weighted by Gasteiger charge is 2.15. The van der Waals surface area contributed by atoms with Crippen molar-refractivity contribution >= 4 is 35.0 Å².